The lowest BCUT2D eigenvalue weighted by molar-refractivity contribution is 0.107. The Hall–Kier alpha value is -0.480. The van der Waals surface area contributed by atoms with E-state index < -0.39 is 5.60 Å². The molecule has 0 bridgehead atoms. The van der Waals surface area contributed by atoms with Gasteiger partial charge in [0.1, 0.15) is 5.60 Å². The highest BCUT2D eigenvalue weighted by atomic mass is 16.3. The average molecular weight is 168 g/mol. The van der Waals surface area contributed by atoms with E-state index in [1.54, 1.807) is 6.92 Å². The van der Waals surface area contributed by atoms with Gasteiger partial charge in [0.15, 0.2) is 0 Å². The van der Waals surface area contributed by atoms with Crippen LogP contribution in [0.1, 0.15) is 46.5 Å². The minimum absolute atomic E-state index is 0.716. The zero-order chi connectivity index (χ0) is 9.61. The zero-order valence-corrected chi connectivity index (χ0v) is 8.43. The van der Waals surface area contributed by atoms with Crippen LogP contribution < -0.4 is 0 Å². The van der Waals surface area contributed by atoms with Crippen molar-refractivity contribution >= 4 is 0 Å². The van der Waals surface area contributed by atoms with Crippen molar-refractivity contribution in [2.75, 3.05) is 0 Å². The molecule has 12 heavy (non-hydrogen) atoms. The molecule has 0 unspecified atom stereocenters. The summed E-state index contributed by atoms with van der Waals surface area (Å²) in [5.41, 5.74) is -0.895. The molecule has 0 spiro atoms. The van der Waals surface area contributed by atoms with E-state index in [0.717, 1.165) is 18.8 Å². The van der Waals surface area contributed by atoms with E-state index in [9.17, 15) is 5.11 Å². The van der Waals surface area contributed by atoms with Gasteiger partial charge in [0.05, 0.1) is 0 Å². The third-order valence-electron chi connectivity index (χ3n) is 2.37. The predicted octanol–water partition coefficient (Wildman–Crippen LogP) is 2.59. The van der Waals surface area contributed by atoms with Crippen molar-refractivity contribution in [1.29, 1.82) is 0 Å². The molecule has 0 aromatic heterocycles. The maximum absolute atomic E-state index is 9.47. The van der Waals surface area contributed by atoms with Crippen molar-refractivity contribution in [3.63, 3.8) is 0 Å². The fourth-order valence-electron chi connectivity index (χ4n) is 1.07. The molecule has 0 aliphatic carbocycles. The molecule has 0 amide bonds. The molecule has 0 aliphatic heterocycles. The Kier molecular flexibility index (Phi) is 5.01. The van der Waals surface area contributed by atoms with E-state index >= 15 is 0 Å². The highest BCUT2D eigenvalue weighted by molar-refractivity contribution is 5.03. The second kappa shape index (κ2) is 5.22. The van der Waals surface area contributed by atoms with Crippen LogP contribution >= 0.6 is 0 Å². The van der Waals surface area contributed by atoms with Gasteiger partial charge < -0.3 is 5.11 Å². The summed E-state index contributed by atoms with van der Waals surface area (Å²) in [4.78, 5) is 0. The smallest absolute Gasteiger partial charge is 0.122 e. The first-order valence-electron chi connectivity index (χ1n) is 4.72. The molecule has 0 fully saturated rings. The Balaban J connectivity index is 3.51. The Bertz CT molecular complexity index is 153. The van der Waals surface area contributed by atoms with Crippen LogP contribution in [0.3, 0.4) is 0 Å². The van der Waals surface area contributed by atoms with Crippen LogP contribution in [-0.4, -0.2) is 10.7 Å². The van der Waals surface area contributed by atoms with Gasteiger partial charge in [0.25, 0.3) is 0 Å². The number of rotatable bonds is 5. The van der Waals surface area contributed by atoms with Gasteiger partial charge in [-0.2, -0.15) is 0 Å². The van der Waals surface area contributed by atoms with Crippen LogP contribution in [0.2, 0.25) is 0 Å². The Morgan fingerprint density at radius 1 is 1.58 bits per heavy atom. The highest BCUT2D eigenvalue weighted by Gasteiger charge is 2.15. The van der Waals surface area contributed by atoms with Crippen LogP contribution in [-0.2, 0) is 0 Å². The molecule has 0 rings (SSSR count). The van der Waals surface area contributed by atoms with E-state index in [1.807, 2.05) is 0 Å². The molecule has 0 aromatic carbocycles. The lowest BCUT2D eigenvalue weighted by atomic mass is 9.95. The molecule has 2 atom stereocenters. The van der Waals surface area contributed by atoms with Crippen LogP contribution in [0, 0.1) is 18.3 Å². The van der Waals surface area contributed by atoms with Crippen molar-refractivity contribution in [2.24, 2.45) is 5.92 Å². The fraction of sp³-hybridized carbons (Fsp3) is 0.818. The quantitative estimate of drug-likeness (QED) is 0.626. The predicted molar refractivity (Wildman–Crippen MR) is 52.8 cm³/mol. The molecular formula is C11H20O. The van der Waals surface area contributed by atoms with E-state index in [4.69, 9.17) is 6.42 Å². The van der Waals surface area contributed by atoms with Crippen molar-refractivity contribution in [1.82, 2.24) is 0 Å². The van der Waals surface area contributed by atoms with E-state index in [2.05, 4.69) is 19.8 Å². The van der Waals surface area contributed by atoms with Gasteiger partial charge in [-0.25, -0.2) is 0 Å². The topological polar surface area (TPSA) is 20.2 Å². The van der Waals surface area contributed by atoms with Crippen LogP contribution in [0.5, 0.6) is 0 Å². The summed E-state index contributed by atoms with van der Waals surface area (Å²) in [6, 6.07) is 0. The normalized spacial score (nSPS) is 17.9. The lowest BCUT2D eigenvalue weighted by Crippen LogP contribution is -2.20. The third-order valence-corrected chi connectivity index (χ3v) is 2.37. The second-order valence-corrected chi connectivity index (χ2v) is 3.82. The molecule has 0 heterocycles. The van der Waals surface area contributed by atoms with Crippen molar-refractivity contribution in [3.05, 3.63) is 0 Å². The summed E-state index contributed by atoms with van der Waals surface area (Å²) in [6.45, 7) is 6.11. The first-order chi connectivity index (χ1) is 5.52. The maximum Gasteiger partial charge on any atom is 0.122 e. The van der Waals surface area contributed by atoms with Gasteiger partial charge in [-0.3, -0.25) is 0 Å². The molecule has 0 aliphatic rings. The number of hydrogen-bond donors (Lipinski definition) is 1. The van der Waals surface area contributed by atoms with Crippen LogP contribution in [0.15, 0.2) is 0 Å². The third kappa shape index (κ3) is 5.21. The van der Waals surface area contributed by atoms with Gasteiger partial charge >= 0.3 is 0 Å². The van der Waals surface area contributed by atoms with Gasteiger partial charge in [-0.05, 0) is 25.7 Å². The SMILES string of the molecule is C#C[C@@](C)(O)CCC[C@@H](C)CC. The molecule has 0 radical (unpaired) electrons. The molecule has 0 aromatic rings. The highest BCUT2D eigenvalue weighted by Crippen LogP contribution is 2.16. The van der Waals surface area contributed by atoms with Crippen molar-refractivity contribution in [2.45, 2.75) is 52.1 Å². The van der Waals surface area contributed by atoms with E-state index in [0.29, 0.717) is 6.42 Å². The minimum Gasteiger partial charge on any atom is -0.378 e. The summed E-state index contributed by atoms with van der Waals surface area (Å²) < 4.78 is 0. The van der Waals surface area contributed by atoms with Crippen molar-refractivity contribution < 1.29 is 5.11 Å². The summed E-state index contributed by atoms with van der Waals surface area (Å²) in [5, 5.41) is 9.47. The number of aliphatic hydroxyl groups is 1. The molecule has 70 valence electrons. The number of terminal acetylenes is 1. The summed E-state index contributed by atoms with van der Waals surface area (Å²) in [7, 11) is 0. The number of hydrogen-bond acceptors (Lipinski definition) is 1. The fourth-order valence-corrected chi connectivity index (χ4v) is 1.07. The molecule has 1 N–H and O–H groups in total. The maximum atomic E-state index is 9.47. The molecule has 0 saturated carbocycles. The first kappa shape index (κ1) is 11.5. The largest absolute Gasteiger partial charge is 0.378 e. The van der Waals surface area contributed by atoms with Gasteiger partial charge in [-0.15, -0.1) is 6.42 Å². The average Bonchev–Trinajstić information content (AvgIpc) is 2.04. The van der Waals surface area contributed by atoms with E-state index in [-0.39, 0.29) is 0 Å². The van der Waals surface area contributed by atoms with E-state index in [1.165, 1.54) is 6.42 Å². The van der Waals surface area contributed by atoms with Crippen molar-refractivity contribution in [3.8, 4) is 12.3 Å². The monoisotopic (exact) mass is 168 g/mol. The minimum atomic E-state index is -0.895. The molecule has 1 nitrogen and oxygen atoms in total. The Morgan fingerprint density at radius 2 is 2.17 bits per heavy atom. The van der Waals surface area contributed by atoms with Crippen LogP contribution in [0.25, 0.3) is 0 Å². The summed E-state index contributed by atoms with van der Waals surface area (Å²) in [6.07, 6.45) is 9.26. The van der Waals surface area contributed by atoms with Gasteiger partial charge in [0.2, 0.25) is 0 Å². The van der Waals surface area contributed by atoms with Gasteiger partial charge in [-0.1, -0.05) is 32.6 Å². The molecular weight excluding hydrogens is 148 g/mol. The second-order valence-electron chi connectivity index (χ2n) is 3.82. The summed E-state index contributed by atoms with van der Waals surface area (Å²) in [5.74, 6) is 3.14. The Morgan fingerprint density at radius 3 is 2.58 bits per heavy atom. The standard InChI is InChI=1S/C11H20O/c1-5-10(3)8-7-9-11(4,12)6-2/h2,10,12H,5,7-9H2,1,3-4H3/t10-,11+/m0/s1. The van der Waals surface area contributed by atoms with Crippen LogP contribution in [0.4, 0.5) is 0 Å². The first-order valence-corrected chi connectivity index (χ1v) is 4.72. The molecule has 0 saturated heterocycles. The Labute approximate surface area is 76.2 Å². The van der Waals surface area contributed by atoms with Gasteiger partial charge in [0, 0.05) is 0 Å². The molecule has 1 heteroatoms. The zero-order valence-electron chi connectivity index (χ0n) is 8.43. The summed E-state index contributed by atoms with van der Waals surface area (Å²) >= 11 is 0. The lowest BCUT2D eigenvalue weighted by Gasteiger charge is -2.16.